The van der Waals surface area contributed by atoms with Crippen LogP contribution in [0.4, 0.5) is 5.69 Å². The van der Waals surface area contributed by atoms with Gasteiger partial charge >= 0.3 is 0 Å². The van der Waals surface area contributed by atoms with Crippen molar-refractivity contribution >= 4 is 5.69 Å². The Morgan fingerprint density at radius 1 is 1.26 bits per heavy atom. The Labute approximate surface area is 117 Å². The highest BCUT2D eigenvalue weighted by molar-refractivity contribution is 5.54. The van der Waals surface area contributed by atoms with Crippen LogP contribution in [-0.4, -0.2) is 12.6 Å². The van der Waals surface area contributed by atoms with Gasteiger partial charge < -0.3 is 10.1 Å². The second-order valence-corrected chi connectivity index (χ2v) is 5.74. The Morgan fingerprint density at radius 3 is 2.63 bits per heavy atom. The fourth-order valence-corrected chi connectivity index (χ4v) is 3.05. The first-order valence-electron chi connectivity index (χ1n) is 7.70. The van der Waals surface area contributed by atoms with Crippen molar-refractivity contribution in [2.75, 3.05) is 11.9 Å². The van der Waals surface area contributed by atoms with E-state index in [1.807, 2.05) is 6.92 Å². The molecule has 0 spiro atoms. The van der Waals surface area contributed by atoms with E-state index in [1.165, 1.54) is 43.4 Å². The van der Waals surface area contributed by atoms with Crippen LogP contribution in [0.3, 0.4) is 0 Å². The molecule has 2 rings (SSSR count). The lowest BCUT2D eigenvalue weighted by molar-refractivity contribution is 0.328. The zero-order valence-corrected chi connectivity index (χ0v) is 12.5. The highest BCUT2D eigenvalue weighted by Gasteiger charge is 2.20. The van der Waals surface area contributed by atoms with Crippen LogP contribution in [0.15, 0.2) is 18.2 Å². The Hall–Kier alpha value is -1.18. The molecular formula is C17H27NO. The van der Waals surface area contributed by atoms with E-state index in [2.05, 4.69) is 37.4 Å². The SMILES string of the molecule is CCOc1ccc(NC(C)C2CCCCC2)c(C)c1. The van der Waals surface area contributed by atoms with Crippen LogP contribution in [0.25, 0.3) is 0 Å². The van der Waals surface area contributed by atoms with Crippen LogP contribution in [0, 0.1) is 12.8 Å². The Morgan fingerprint density at radius 2 is 2.00 bits per heavy atom. The molecule has 1 aliphatic carbocycles. The number of ether oxygens (including phenoxy) is 1. The fraction of sp³-hybridized carbons (Fsp3) is 0.647. The molecule has 0 amide bonds. The van der Waals surface area contributed by atoms with Gasteiger partial charge in [0.25, 0.3) is 0 Å². The molecule has 1 fully saturated rings. The molecule has 1 aromatic rings. The fourth-order valence-electron chi connectivity index (χ4n) is 3.05. The predicted octanol–water partition coefficient (Wildman–Crippen LogP) is 4.77. The van der Waals surface area contributed by atoms with Crippen molar-refractivity contribution in [3.05, 3.63) is 23.8 Å². The third-order valence-corrected chi connectivity index (χ3v) is 4.25. The third-order valence-electron chi connectivity index (χ3n) is 4.25. The molecule has 0 heterocycles. The first kappa shape index (κ1) is 14.2. The van der Waals surface area contributed by atoms with Crippen LogP contribution in [-0.2, 0) is 0 Å². The third kappa shape index (κ3) is 3.89. The van der Waals surface area contributed by atoms with Gasteiger partial charge in [-0.3, -0.25) is 0 Å². The second-order valence-electron chi connectivity index (χ2n) is 5.74. The molecule has 1 atom stereocenters. The Bertz CT molecular complexity index is 396. The lowest BCUT2D eigenvalue weighted by atomic mass is 9.84. The maximum Gasteiger partial charge on any atom is 0.119 e. The number of benzene rings is 1. The largest absolute Gasteiger partial charge is 0.494 e. The zero-order chi connectivity index (χ0) is 13.7. The lowest BCUT2D eigenvalue weighted by Crippen LogP contribution is -2.27. The molecule has 1 N–H and O–H groups in total. The standard InChI is InChI=1S/C17H27NO/c1-4-19-16-10-11-17(13(2)12-16)18-14(3)15-8-6-5-7-9-15/h10-12,14-15,18H,4-9H2,1-3H3. The van der Waals surface area contributed by atoms with Gasteiger partial charge in [-0.05, 0) is 63.3 Å². The quantitative estimate of drug-likeness (QED) is 0.824. The van der Waals surface area contributed by atoms with E-state index in [-0.39, 0.29) is 0 Å². The van der Waals surface area contributed by atoms with E-state index in [0.29, 0.717) is 6.04 Å². The molecule has 1 unspecified atom stereocenters. The molecule has 19 heavy (non-hydrogen) atoms. The van der Waals surface area contributed by atoms with Crippen molar-refractivity contribution in [3.8, 4) is 5.75 Å². The Balaban J connectivity index is 1.97. The van der Waals surface area contributed by atoms with Gasteiger partial charge in [-0.2, -0.15) is 0 Å². The highest BCUT2D eigenvalue weighted by atomic mass is 16.5. The van der Waals surface area contributed by atoms with Gasteiger partial charge in [-0.15, -0.1) is 0 Å². The predicted molar refractivity (Wildman–Crippen MR) is 82.0 cm³/mol. The summed E-state index contributed by atoms with van der Waals surface area (Å²) in [5, 5.41) is 3.69. The smallest absolute Gasteiger partial charge is 0.119 e. The van der Waals surface area contributed by atoms with Crippen LogP contribution >= 0.6 is 0 Å². The van der Waals surface area contributed by atoms with Gasteiger partial charge in [0.05, 0.1) is 6.61 Å². The molecule has 0 saturated heterocycles. The van der Waals surface area contributed by atoms with Crippen molar-refractivity contribution in [1.29, 1.82) is 0 Å². The second kappa shape index (κ2) is 6.83. The summed E-state index contributed by atoms with van der Waals surface area (Å²) in [5.41, 5.74) is 2.52. The summed E-state index contributed by atoms with van der Waals surface area (Å²) in [6, 6.07) is 6.91. The monoisotopic (exact) mass is 261 g/mol. The summed E-state index contributed by atoms with van der Waals surface area (Å²) in [6.07, 6.45) is 6.98. The number of aryl methyl sites for hydroxylation is 1. The van der Waals surface area contributed by atoms with Crippen LogP contribution < -0.4 is 10.1 Å². The van der Waals surface area contributed by atoms with Crippen LogP contribution in [0.1, 0.15) is 51.5 Å². The normalized spacial score (nSPS) is 18.1. The number of nitrogens with one attached hydrogen (secondary N) is 1. The molecule has 0 bridgehead atoms. The van der Waals surface area contributed by atoms with Gasteiger partial charge in [0.1, 0.15) is 5.75 Å². The topological polar surface area (TPSA) is 21.3 Å². The summed E-state index contributed by atoms with van der Waals surface area (Å²) >= 11 is 0. The maximum atomic E-state index is 5.54. The van der Waals surface area contributed by atoms with E-state index < -0.39 is 0 Å². The molecular weight excluding hydrogens is 234 g/mol. The van der Waals surface area contributed by atoms with Crippen LogP contribution in [0.5, 0.6) is 5.75 Å². The summed E-state index contributed by atoms with van der Waals surface area (Å²) in [7, 11) is 0. The summed E-state index contributed by atoms with van der Waals surface area (Å²) in [4.78, 5) is 0. The number of hydrogen-bond donors (Lipinski definition) is 1. The minimum absolute atomic E-state index is 0.567. The maximum absolute atomic E-state index is 5.54. The molecule has 0 aliphatic heterocycles. The molecule has 0 aromatic heterocycles. The number of anilines is 1. The molecule has 1 aliphatic rings. The van der Waals surface area contributed by atoms with E-state index in [1.54, 1.807) is 0 Å². The van der Waals surface area contributed by atoms with Gasteiger partial charge in [0, 0.05) is 11.7 Å². The van der Waals surface area contributed by atoms with Crippen LogP contribution in [0.2, 0.25) is 0 Å². The Kier molecular flexibility index (Phi) is 5.12. The molecule has 1 aromatic carbocycles. The average molecular weight is 261 g/mol. The zero-order valence-electron chi connectivity index (χ0n) is 12.5. The minimum atomic E-state index is 0.567. The minimum Gasteiger partial charge on any atom is -0.494 e. The molecule has 106 valence electrons. The van der Waals surface area contributed by atoms with Gasteiger partial charge in [-0.1, -0.05) is 19.3 Å². The first-order chi connectivity index (χ1) is 9.20. The summed E-state index contributed by atoms with van der Waals surface area (Å²) in [6.45, 7) is 7.22. The molecule has 1 saturated carbocycles. The number of rotatable bonds is 5. The van der Waals surface area contributed by atoms with E-state index in [4.69, 9.17) is 4.74 Å². The summed E-state index contributed by atoms with van der Waals surface area (Å²) < 4.78 is 5.54. The lowest BCUT2D eigenvalue weighted by Gasteiger charge is -2.29. The van der Waals surface area contributed by atoms with Crippen molar-refractivity contribution in [3.63, 3.8) is 0 Å². The van der Waals surface area contributed by atoms with E-state index in [9.17, 15) is 0 Å². The van der Waals surface area contributed by atoms with Gasteiger partial charge in [0.15, 0.2) is 0 Å². The molecule has 0 radical (unpaired) electrons. The first-order valence-corrected chi connectivity index (χ1v) is 7.70. The average Bonchev–Trinajstić information content (AvgIpc) is 2.43. The van der Waals surface area contributed by atoms with Crippen molar-refractivity contribution in [2.45, 2.75) is 58.9 Å². The number of hydrogen-bond acceptors (Lipinski definition) is 2. The molecule has 2 heteroatoms. The highest BCUT2D eigenvalue weighted by Crippen LogP contribution is 2.29. The van der Waals surface area contributed by atoms with Gasteiger partial charge in [0.2, 0.25) is 0 Å². The molecule has 2 nitrogen and oxygen atoms in total. The van der Waals surface area contributed by atoms with E-state index in [0.717, 1.165) is 18.3 Å². The van der Waals surface area contributed by atoms with Crippen molar-refractivity contribution in [1.82, 2.24) is 0 Å². The van der Waals surface area contributed by atoms with Crippen molar-refractivity contribution in [2.24, 2.45) is 5.92 Å². The van der Waals surface area contributed by atoms with Gasteiger partial charge in [-0.25, -0.2) is 0 Å². The summed E-state index contributed by atoms with van der Waals surface area (Å²) in [5.74, 6) is 1.80. The van der Waals surface area contributed by atoms with Crippen molar-refractivity contribution < 1.29 is 4.74 Å². The van der Waals surface area contributed by atoms with E-state index >= 15 is 0 Å².